The molecule has 2 aliphatic rings. The minimum Gasteiger partial charge on any atom is -0.490 e. The van der Waals surface area contributed by atoms with Crippen LogP contribution in [0.25, 0.3) is 0 Å². The molecular weight excluding hydrogens is 358 g/mol. The smallest absolute Gasteiger partial charge is 0.255 e. The van der Waals surface area contributed by atoms with Gasteiger partial charge in [0, 0.05) is 13.2 Å². The Balaban J connectivity index is 1.31. The van der Waals surface area contributed by atoms with Gasteiger partial charge in [-0.15, -0.1) is 0 Å². The molecular formula is C22H25NO5. The van der Waals surface area contributed by atoms with Crippen molar-refractivity contribution < 1.29 is 23.7 Å². The Kier molecular flexibility index (Phi) is 5.97. The Labute approximate surface area is 164 Å². The number of nitrogens with one attached hydrogen (secondary N) is 1. The first-order valence-corrected chi connectivity index (χ1v) is 9.80. The van der Waals surface area contributed by atoms with Crippen LogP contribution in [0, 0.1) is 0 Å². The topological polar surface area (TPSA) is 66.0 Å². The van der Waals surface area contributed by atoms with Crippen LogP contribution in [0.15, 0.2) is 42.5 Å². The van der Waals surface area contributed by atoms with Gasteiger partial charge in [0.1, 0.15) is 25.6 Å². The number of hydrogen-bond donors (Lipinski definition) is 1. The molecule has 28 heavy (non-hydrogen) atoms. The summed E-state index contributed by atoms with van der Waals surface area (Å²) in [5, 5.41) is 2.97. The number of amides is 1. The van der Waals surface area contributed by atoms with Gasteiger partial charge in [-0.25, -0.2) is 0 Å². The maximum absolute atomic E-state index is 12.6. The average Bonchev–Trinajstić information content (AvgIpc) is 3.26. The van der Waals surface area contributed by atoms with Crippen molar-refractivity contribution in [1.82, 2.24) is 5.32 Å². The highest BCUT2D eigenvalue weighted by Gasteiger charge is 2.18. The quantitative estimate of drug-likeness (QED) is 0.796. The van der Waals surface area contributed by atoms with Crippen molar-refractivity contribution in [3.05, 3.63) is 53.6 Å². The Morgan fingerprint density at radius 1 is 1.07 bits per heavy atom. The van der Waals surface area contributed by atoms with E-state index in [1.54, 1.807) is 6.07 Å². The lowest BCUT2D eigenvalue weighted by atomic mass is 10.1. The normalized spacial score (nSPS) is 17.9. The van der Waals surface area contributed by atoms with Crippen molar-refractivity contribution in [3.63, 3.8) is 0 Å². The zero-order valence-corrected chi connectivity index (χ0v) is 15.8. The maximum Gasteiger partial charge on any atom is 0.255 e. The van der Waals surface area contributed by atoms with Gasteiger partial charge in [0.2, 0.25) is 0 Å². The van der Waals surface area contributed by atoms with Gasteiger partial charge in [-0.05, 0) is 49.1 Å². The van der Waals surface area contributed by atoms with Gasteiger partial charge in [0.05, 0.1) is 11.7 Å². The third-order valence-corrected chi connectivity index (χ3v) is 4.89. The lowest BCUT2D eigenvalue weighted by molar-refractivity contribution is 0.0670. The van der Waals surface area contributed by atoms with Crippen molar-refractivity contribution in [3.8, 4) is 17.2 Å². The highest BCUT2D eigenvalue weighted by molar-refractivity contribution is 5.96. The van der Waals surface area contributed by atoms with E-state index < -0.39 is 0 Å². The van der Waals surface area contributed by atoms with Crippen molar-refractivity contribution in [2.75, 3.05) is 33.0 Å². The Morgan fingerprint density at radius 2 is 1.93 bits per heavy atom. The summed E-state index contributed by atoms with van der Waals surface area (Å²) in [6.07, 6.45) is 2.90. The number of fused-ring (bicyclic) bond motifs is 1. The van der Waals surface area contributed by atoms with Crippen molar-refractivity contribution >= 4 is 5.91 Å². The molecule has 0 saturated carbocycles. The number of carbonyl (C=O) groups is 1. The summed E-state index contributed by atoms with van der Waals surface area (Å²) in [6, 6.07) is 13.2. The van der Waals surface area contributed by atoms with Crippen LogP contribution in [-0.4, -0.2) is 45.0 Å². The van der Waals surface area contributed by atoms with Crippen LogP contribution in [-0.2, 0) is 11.2 Å². The highest BCUT2D eigenvalue weighted by Crippen LogP contribution is 2.30. The Morgan fingerprint density at radius 3 is 2.79 bits per heavy atom. The van der Waals surface area contributed by atoms with E-state index in [9.17, 15) is 4.79 Å². The van der Waals surface area contributed by atoms with Gasteiger partial charge in [0.25, 0.3) is 5.91 Å². The van der Waals surface area contributed by atoms with Gasteiger partial charge in [0.15, 0.2) is 11.5 Å². The molecule has 0 aromatic heterocycles. The van der Waals surface area contributed by atoms with E-state index in [2.05, 4.69) is 5.32 Å². The maximum atomic E-state index is 12.6. The van der Waals surface area contributed by atoms with Crippen LogP contribution in [0.1, 0.15) is 28.8 Å². The first-order chi connectivity index (χ1) is 13.8. The van der Waals surface area contributed by atoms with E-state index in [0.29, 0.717) is 44.1 Å². The van der Waals surface area contributed by atoms with Gasteiger partial charge >= 0.3 is 0 Å². The molecule has 6 heteroatoms. The first kappa shape index (κ1) is 18.6. The monoisotopic (exact) mass is 383 g/mol. The molecule has 1 amide bonds. The fourth-order valence-electron chi connectivity index (χ4n) is 3.40. The van der Waals surface area contributed by atoms with Crippen LogP contribution in [0.3, 0.4) is 0 Å². The molecule has 0 radical (unpaired) electrons. The molecule has 4 rings (SSSR count). The second kappa shape index (κ2) is 8.97. The predicted molar refractivity (Wildman–Crippen MR) is 104 cm³/mol. The van der Waals surface area contributed by atoms with Gasteiger partial charge < -0.3 is 24.3 Å². The van der Waals surface area contributed by atoms with Gasteiger partial charge in [-0.3, -0.25) is 4.79 Å². The second-order valence-electron chi connectivity index (χ2n) is 6.93. The zero-order chi connectivity index (χ0) is 19.2. The van der Waals surface area contributed by atoms with E-state index in [0.717, 1.165) is 36.5 Å². The van der Waals surface area contributed by atoms with Gasteiger partial charge in [-0.1, -0.05) is 18.2 Å². The SMILES string of the molecule is O=C(NCCc1ccc2c(c1)OCCO2)c1ccccc1OCC1CCCO1. The number of rotatable bonds is 7. The molecule has 1 N–H and O–H groups in total. The first-order valence-electron chi connectivity index (χ1n) is 9.80. The largest absolute Gasteiger partial charge is 0.490 e. The fourth-order valence-corrected chi connectivity index (χ4v) is 3.40. The molecule has 0 spiro atoms. The minimum absolute atomic E-state index is 0.117. The molecule has 0 aliphatic carbocycles. The molecule has 2 aromatic rings. The number of benzene rings is 2. The average molecular weight is 383 g/mol. The highest BCUT2D eigenvalue weighted by atomic mass is 16.6. The number of para-hydroxylation sites is 1. The summed E-state index contributed by atoms with van der Waals surface area (Å²) in [7, 11) is 0. The number of carbonyl (C=O) groups excluding carboxylic acids is 1. The molecule has 148 valence electrons. The summed E-state index contributed by atoms with van der Waals surface area (Å²) < 4.78 is 22.6. The predicted octanol–water partition coefficient (Wildman–Crippen LogP) is 2.99. The third-order valence-electron chi connectivity index (χ3n) is 4.89. The Bertz CT molecular complexity index is 816. The number of hydrogen-bond acceptors (Lipinski definition) is 5. The molecule has 1 atom stereocenters. The molecule has 1 fully saturated rings. The molecule has 6 nitrogen and oxygen atoms in total. The van der Waals surface area contributed by atoms with Crippen molar-refractivity contribution in [2.24, 2.45) is 0 Å². The van der Waals surface area contributed by atoms with Crippen LogP contribution in [0.5, 0.6) is 17.2 Å². The van der Waals surface area contributed by atoms with E-state index in [-0.39, 0.29) is 12.0 Å². The lowest BCUT2D eigenvalue weighted by Crippen LogP contribution is -2.27. The van der Waals surface area contributed by atoms with Crippen LogP contribution < -0.4 is 19.5 Å². The van der Waals surface area contributed by atoms with Crippen LogP contribution in [0.4, 0.5) is 0 Å². The fraction of sp³-hybridized carbons (Fsp3) is 0.409. The molecule has 2 heterocycles. The molecule has 2 aromatic carbocycles. The molecule has 2 aliphatic heterocycles. The summed E-state index contributed by atoms with van der Waals surface area (Å²) in [5.41, 5.74) is 1.63. The zero-order valence-electron chi connectivity index (χ0n) is 15.8. The summed E-state index contributed by atoms with van der Waals surface area (Å²) >= 11 is 0. The van der Waals surface area contributed by atoms with E-state index in [1.165, 1.54) is 0 Å². The number of ether oxygens (including phenoxy) is 4. The van der Waals surface area contributed by atoms with Gasteiger partial charge in [-0.2, -0.15) is 0 Å². The Hall–Kier alpha value is -2.73. The van der Waals surface area contributed by atoms with Crippen molar-refractivity contribution in [2.45, 2.75) is 25.4 Å². The minimum atomic E-state index is -0.138. The lowest BCUT2D eigenvalue weighted by Gasteiger charge is -2.19. The summed E-state index contributed by atoms with van der Waals surface area (Å²) in [5.74, 6) is 2.00. The molecule has 1 unspecified atom stereocenters. The van der Waals surface area contributed by atoms with E-state index >= 15 is 0 Å². The second-order valence-corrected chi connectivity index (χ2v) is 6.93. The third kappa shape index (κ3) is 4.57. The molecule has 0 bridgehead atoms. The van der Waals surface area contributed by atoms with Crippen molar-refractivity contribution in [1.29, 1.82) is 0 Å². The summed E-state index contributed by atoms with van der Waals surface area (Å²) in [6.45, 7) is 2.93. The van der Waals surface area contributed by atoms with Crippen LogP contribution >= 0.6 is 0 Å². The van der Waals surface area contributed by atoms with E-state index in [1.807, 2.05) is 36.4 Å². The molecule has 1 saturated heterocycles. The summed E-state index contributed by atoms with van der Waals surface area (Å²) in [4.78, 5) is 12.6. The van der Waals surface area contributed by atoms with E-state index in [4.69, 9.17) is 18.9 Å². The van der Waals surface area contributed by atoms with Crippen LogP contribution in [0.2, 0.25) is 0 Å². The standard InChI is InChI=1S/C22H25NO5/c24-22(18-5-1-2-6-19(18)28-15-17-4-3-11-25-17)23-10-9-16-7-8-20-21(14-16)27-13-12-26-20/h1-2,5-8,14,17H,3-4,9-13,15H2,(H,23,24).